The van der Waals surface area contributed by atoms with Gasteiger partial charge in [0.05, 0.1) is 24.2 Å². The predicted octanol–water partition coefficient (Wildman–Crippen LogP) is 3.26. The molecule has 0 amide bonds. The number of nitrogens with one attached hydrogen (secondary N) is 1. The number of nitro benzene ring substituents is 1. The van der Waals surface area contributed by atoms with E-state index in [2.05, 4.69) is 10.1 Å². The van der Waals surface area contributed by atoms with Crippen LogP contribution in [-0.4, -0.2) is 31.2 Å². The lowest BCUT2D eigenvalue weighted by Gasteiger charge is -2.08. The number of benzene rings is 2. The molecule has 0 bridgehead atoms. The van der Waals surface area contributed by atoms with E-state index in [1.165, 1.54) is 19.2 Å². The molecule has 2 aromatic rings. The Balaban J connectivity index is 1.69. The van der Waals surface area contributed by atoms with Crippen molar-refractivity contribution in [3.8, 4) is 5.75 Å². The number of anilines is 1. The van der Waals surface area contributed by atoms with Crippen LogP contribution in [-0.2, 0) is 4.74 Å². The molecule has 7 heteroatoms. The number of nitrogens with zero attached hydrogens (tertiary/aromatic N) is 1. The minimum absolute atomic E-state index is 0.0688. The van der Waals surface area contributed by atoms with E-state index in [1.54, 1.807) is 36.4 Å². The average molecular weight is 330 g/mol. The maximum atomic E-state index is 11.3. The van der Waals surface area contributed by atoms with Crippen LogP contribution in [0.3, 0.4) is 0 Å². The first-order chi connectivity index (χ1) is 11.6. The van der Waals surface area contributed by atoms with Crippen molar-refractivity contribution < 1.29 is 19.2 Å². The zero-order valence-corrected chi connectivity index (χ0v) is 13.2. The number of ether oxygens (including phenoxy) is 2. The highest BCUT2D eigenvalue weighted by Crippen LogP contribution is 2.16. The van der Waals surface area contributed by atoms with Gasteiger partial charge in [-0.05, 0) is 42.8 Å². The van der Waals surface area contributed by atoms with Crippen LogP contribution in [0.1, 0.15) is 16.8 Å². The molecule has 0 spiro atoms. The van der Waals surface area contributed by atoms with Crippen LogP contribution in [0.25, 0.3) is 0 Å². The van der Waals surface area contributed by atoms with E-state index in [0.717, 1.165) is 12.1 Å². The summed E-state index contributed by atoms with van der Waals surface area (Å²) in [6.07, 6.45) is 0.760. The van der Waals surface area contributed by atoms with E-state index in [4.69, 9.17) is 4.74 Å². The molecule has 1 N–H and O–H groups in total. The normalized spacial score (nSPS) is 10.0. The number of carbonyl (C=O) groups excluding carboxylic acids is 1. The topological polar surface area (TPSA) is 90.7 Å². The van der Waals surface area contributed by atoms with Crippen LogP contribution in [0.4, 0.5) is 11.4 Å². The van der Waals surface area contributed by atoms with Gasteiger partial charge in [-0.15, -0.1) is 0 Å². The molecule has 0 radical (unpaired) electrons. The molecule has 0 aliphatic carbocycles. The number of carbonyl (C=O) groups is 1. The van der Waals surface area contributed by atoms with Crippen LogP contribution >= 0.6 is 0 Å². The molecule has 126 valence electrons. The fourth-order valence-electron chi connectivity index (χ4n) is 2.00. The molecule has 0 aliphatic rings. The van der Waals surface area contributed by atoms with Gasteiger partial charge in [0.15, 0.2) is 0 Å². The second-order valence-corrected chi connectivity index (χ2v) is 4.95. The van der Waals surface area contributed by atoms with E-state index in [1.807, 2.05) is 0 Å². The number of rotatable bonds is 8. The van der Waals surface area contributed by atoms with Crippen LogP contribution in [0.2, 0.25) is 0 Å². The number of hydrogen-bond donors (Lipinski definition) is 1. The Morgan fingerprint density at radius 2 is 1.79 bits per heavy atom. The van der Waals surface area contributed by atoms with Crippen molar-refractivity contribution in [2.45, 2.75) is 6.42 Å². The van der Waals surface area contributed by atoms with Gasteiger partial charge in [0.25, 0.3) is 5.69 Å². The number of nitro groups is 1. The molecule has 7 nitrogen and oxygen atoms in total. The summed E-state index contributed by atoms with van der Waals surface area (Å²) in [4.78, 5) is 21.4. The van der Waals surface area contributed by atoms with Gasteiger partial charge in [0.2, 0.25) is 0 Å². The number of esters is 1. The fraction of sp³-hybridized carbons (Fsp3) is 0.235. The van der Waals surface area contributed by atoms with Gasteiger partial charge in [0, 0.05) is 24.4 Å². The molecule has 0 heterocycles. The largest absolute Gasteiger partial charge is 0.494 e. The quantitative estimate of drug-likeness (QED) is 0.346. The van der Waals surface area contributed by atoms with Gasteiger partial charge in [-0.2, -0.15) is 0 Å². The van der Waals surface area contributed by atoms with Gasteiger partial charge in [0.1, 0.15) is 5.75 Å². The zero-order valence-electron chi connectivity index (χ0n) is 13.2. The van der Waals surface area contributed by atoms with E-state index >= 15 is 0 Å². The van der Waals surface area contributed by atoms with E-state index in [9.17, 15) is 14.9 Å². The van der Waals surface area contributed by atoms with Crippen molar-refractivity contribution in [1.29, 1.82) is 0 Å². The molecule has 2 rings (SSSR count). The predicted molar refractivity (Wildman–Crippen MR) is 89.5 cm³/mol. The highest BCUT2D eigenvalue weighted by molar-refractivity contribution is 5.89. The van der Waals surface area contributed by atoms with Gasteiger partial charge in [-0.25, -0.2) is 4.79 Å². The SMILES string of the molecule is COC(=O)c1ccc(OCCCNc2ccc([N+](=O)[O-])cc2)cc1. The first-order valence-corrected chi connectivity index (χ1v) is 7.39. The molecule has 0 unspecified atom stereocenters. The van der Waals surface area contributed by atoms with Crippen LogP contribution in [0.15, 0.2) is 48.5 Å². The molecule has 24 heavy (non-hydrogen) atoms. The number of methoxy groups -OCH3 is 1. The Morgan fingerprint density at radius 3 is 2.38 bits per heavy atom. The van der Waals surface area contributed by atoms with Gasteiger partial charge < -0.3 is 14.8 Å². The monoisotopic (exact) mass is 330 g/mol. The standard InChI is InChI=1S/C17H18N2O5/c1-23-17(20)13-3-9-16(10-4-13)24-12-2-11-18-14-5-7-15(8-6-14)19(21)22/h3-10,18H,2,11-12H2,1H3. The van der Waals surface area contributed by atoms with Crippen molar-refractivity contribution in [2.75, 3.05) is 25.6 Å². The summed E-state index contributed by atoms with van der Waals surface area (Å²) >= 11 is 0. The van der Waals surface area contributed by atoms with E-state index in [-0.39, 0.29) is 11.7 Å². The zero-order chi connectivity index (χ0) is 17.4. The first kappa shape index (κ1) is 17.3. The van der Waals surface area contributed by atoms with Gasteiger partial charge in [-0.1, -0.05) is 0 Å². The van der Waals surface area contributed by atoms with Crippen LogP contribution in [0, 0.1) is 10.1 Å². The Morgan fingerprint density at radius 1 is 1.12 bits per heavy atom. The summed E-state index contributed by atoms with van der Waals surface area (Å²) in [6.45, 7) is 1.19. The highest BCUT2D eigenvalue weighted by Gasteiger charge is 2.05. The summed E-state index contributed by atoms with van der Waals surface area (Å²) in [7, 11) is 1.34. The molecular formula is C17H18N2O5. The smallest absolute Gasteiger partial charge is 0.337 e. The highest BCUT2D eigenvalue weighted by atomic mass is 16.6. The van der Waals surface area contributed by atoms with Crippen LogP contribution in [0.5, 0.6) is 5.75 Å². The second-order valence-electron chi connectivity index (χ2n) is 4.95. The third-order valence-corrected chi connectivity index (χ3v) is 3.27. The van der Waals surface area contributed by atoms with Crippen molar-refractivity contribution in [1.82, 2.24) is 0 Å². The molecule has 0 saturated carbocycles. The molecule has 0 saturated heterocycles. The minimum atomic E-state index is -0.427. The van der Waals surface area contributed by atoms with Crippen molar-refractivity contribution >= 4 is 17.3 Å². The number of non-ortho nitro benzene ring substituents is 1. The molecule has 0 aromatic heterocycles. The first-order valence-electron chi connectivity index (χ1n) is 7.39. The van der Waals surface area contributed by atoms with Crippen molar-refractivity contribution in [2.24, 2.45) is 0 Å². The molecule has 2 aromatic carbocycles. The van der Waals surface area contributed by atoms with Crippen molar-refractivity contribution in [3.63, 3.8) is 0 Å². The van der Waals surface area contributed by atoms with Gasteiger partial charge in [-0.3, -0.25) is 10.1 Å². The maximum Gasteiger partial charge on any atom is 0.337 e. The summed E-state index contributed by atoms with van der Waals surface area (Å²) < 4.78 is 10.2. The van der Waals surface area contributed by atoms with Gasteiger partial charge >= 0.3 is 5.97 Å². The minimum Gasteiger partial charge on any atom is -0.494 e. The molecule has 0 aliphatic heterocycles. The Labute approximate surface area is 139 Å². The lowest BCUT2D eigenvalue weighted by atomic mass is 10.2. The third-order valence-electron chi connectivity index (χ3n) is 3.27. The molecule has 0 atom stereocenters. The number of hydrogen-bond acceptors (Lipinski definition) is 6. The summed E-state index contributed by atoms with van der Waals surface area (Å²) in [5, 5.41) is 13.7. The Hall–Kier alpha value is -3.09. The Kier molecular flexibility index (Phi) is 6.13. The lowest BCUT2D eigenvalue weighted by Crippen LogP contribution is -2.07. The molecule has 0 fully saturated rings. The van der Waals surface area contributed by atoms with Crippen LogP contribution < -0.4 is 10.1 Å². The summed E-state index contributed by atoms with van der Waals surface area (Å²) in [6, 6.07) is 13.0. The summed E-state index contributed by atoms with van der Waals surface area (Å²) in [5.41, 5.74) is 1.37. The third kappa shape index (κ3) is 4.98. The van der Waals surface area contributed by atoms with Crippen molar-refractivity contribution in [3.05, 3.63) is 64.2 Å². The summed E-state index contributed by atoms with van der Waals surface area (Å²) in [5.74, 6) is 0.298. The second kappa shape index (κ2) is 8.52. The van der Waals surface area contributed by atoms with E-state index in [0.29, 0.717) is 24.5 Å². The lowest BCUT2D eigenvalue weighted by molar-refractivity contribution is -0.384. The Bertz CT molecular complexity index is 683. The van der Waals surface area contributed by atoms with E-state index < -0.39 is 4.92 Å². The molecular weight excluding hydrogens is 312 g/mol. The fourth-order valence-corrected chi connectivity index (χ4v) is 2.00. The average Bonchev–Trinajstić information content (AvgIpc) is 2.61. The maximum absolute atomic E-state index is 11.3.